The van der Waals surface area contributed by atoms with Crippen molar-refractivity contribution < 1.29 is 0 Å². The molecule has 2 aliphatic rings. The number of nitrogens with one attached hydrogen (secondary N) is 1. The number of hydrogen-bond acceptors (Lipinski definition) is 2. The molecule has 3 rings (SSSR count). The molecule has 0 aromatic heterocycles. The van der Waals surface area contributed by atoms with Crippen LogP contribution in [0.25, 0.3) is 0 Å². The Balaban J connectivity index is 1.87. The Morgan fingerprint density at radius 2 is 2.00 bits per heavy atom. The second-order valence-corrected chi connectivity index (χ2v) is 7.52. The van der Waals surface area contributed by atoms with E-state index in [4.69, 9.17) is 11.6 Å². The quantitative estimate of drug-likeness (QED) is 0.883. The van der Waals surface area contributed by atoms with E-state index < -0.39 is 0 Å². The summed E-state index contributed by atoms with van der Waals surface area (Å²) in [5.74, 6) is 1.45. The molecule has 0 amide bonds. The molecule has 116 valence electrons. The summed E-state index contributed by atoms with van der Waals surface area (Å²) in [7, 11) is 0. The standard InChI is InChI=1S/C18H27ClN2/c1-12-9-13(2)14(3)21(11-12)18-15(5-4-6-17(18)19)10-20-16-7-8-16/h4-6,12-14,16,20H,7-11H2,1-3H3. The second kappa shape index (κ2) is 6.18. The van der Waals surface area contributed by atoms with Gasteiger partial charge in [-0.1, -0.05) is 37.6 Å². The van der Waals surface area contributed by atoms with Crippen molar-refractivity contribution in [3.63, 3.8) is 0 Å². The van der Waals surface area contributed by atoms with Crippen LogP contribution in [0, 0.1) is 11.8 Å². The highest BCUT2D eigenvalue weighted by molar-refractivity contribution is 6.33. The van der Waals surface area contributed by atoms with E-state index in [0.717, 1.165) is 30.1 Å². The van der Waals surface area contributed by atoms with Gasteiger partial charge in [0, 0.05) is 25.2 Å². The van der Waals surface area contributed by atoms with Gasteiger partial charge in [-0.05, 0) is 49.7 Å². The third-order valence-electron chi connectivity index (χ3n) is 5.11. The van der Waals surface area contributed by atoms with E-state index in [2.05, 4.69) is 43.1 Å². The minimum absolute atomic E-state index is 0.556. The first-order valence-corrected chi connectivity index (χ1v) is 8.71. The van der Waals surface area contributed by atoms with Gasteiger partial charge in [0.05, 0.1) is 10.7 Å². The first-order valence-electron chi connectivity index (χ1n) is 8.33. The Kier molecular flexibility index (Phi) is 4.46. The number of nitrogens with zero attached hydrogens (tertiary/aromatic N) is 1. The zero-order chi connectivity index (χ0) is 15.0. The van der Waals surface area contributed by atoms with Crippen molar-refractivity contribution in [1.82, 2.24) is 5.32 Å². The van der Waals surface area contributed by atoms with Gasteiger partial charge in [-0.15, -0.1) is 0 Å². The Morgan fingerprint density at radius 1 is 1.24 bits per heavy atom. The van der Waals surface area contributed by atoms with Crippen molar-refractivity contribution in [2.24, 2.45) is 11.8 Å². The van der Waals surface area contributed by atoms with Crippen LogP contribution in [-0.4, -0.2) is 18.6 Å². The molecule has 21 heavy (non-hydrogen) atoms. The molecular weight excluding hydrogens is 280 g/mol. The Hall–Kier alpha value is -0.730. The van der Waals surface area contributed by atoms with E-state index in [9.17, 15) is 0 Å². The van der Waals surface area contributed by atoms with Gasteiger partial charge in [0.1, 0.15) is 0 Å². The summed E-state index contributed by atoms with van der Waals surface area (Å²) < 4.78 is 0. The molecule has 2 fully saturated rings. The molecule has 1 aromatic rings. The van der Waals surface area contributed by atoms with Gasteiger partial charge in [-0.2, -0.15) is 0 Å². The third-order valence-corrected chi connectivity index (χ3v) is 5.42. The molecule has 1 aliphatic heterocycles. The fourth-order valence-corrected chi connectivity index (χ4v) is 3.88. The maximum absolute atomic E-state index is 6.58. The van der Waals surface area contributed by atoms with Gasteiger partial charge in [0.25, 0.3) is 0 Å². The topological polar surface area (TPSA) is 15.3 Å². The van der Waals surface area contributed by atoms with Crippen LogP contribution >= 0.6 is 11.6 Å². The molecule has 0 bridgehead atoms. The lowest BCUT2D eigenvalue weighted by atomic mass is 9.85. The van der Waals surface area contributed by atoms with E-state index in [1.807, 2.05) is 6.07 Å². The summed E-state index contributed by atoms with van der Waals surface area (Å²) in [6.45, 7) is 9.12. The molecule has 0 spiro atoms. The number of para-hydroxylation sites is 1. The fraction of sp³-hybridized carbons (Fsp3) is 0.667. The molecule has 1 aromatic carbocycles. The average Bonchev–Trinajstić information content (AvgIpc) is 3.25. The molecule has 3 heteroatoms. The zero-order valence-corrected chi connectivity index (χ0v) is 14.2. The molecule has 3 atom stereocenters. The lowest BCUT2D eigenvalue weighted by molar-refractivity contribution is 0.296. The van der Waals surface area contributed by atoms with Crippen molar-refractivity contribution in [2.75, 3.05) is 11.4 Å². The van der Waals surface area contributed by atoms with Crippen LogP contribution in [0.15, 0.2) is 18.2 Å². The number of piperidine rings is 1. The second-order valence-electron chi connectivity index (χ2n) is 7.11. The minimum Gasteiger partial charge on any atom is -0.367 e. The highest BCUT2D eigenvalue weighted by Crippen LogP contribution is 2.37. The molecule has 1 saturated carbocycles. The molecule has 1 N–H and O–H groups in total. The van der Waals surface area contributed by atoms with Crippen LogP contribution in [0.2, 0.25) is 5.02 Å². The third kappa shape index (κ3) is 3.37. The minimum atomic E-state index is 0.556. The summed E-state index contributed by atoms with van der Waals surface area (Å²) >= 11 is 6.58. The first-order chi connectivity index (χ1) is 10.1. The van der Waals surface area contributed by atoms with Crippen molar-refractivity contribution in [3.8, 4) is 0 Å². The lowest BCUT2D eigenvalue weighted by Crippen LogP contribution is -2.46. The molecule has 1 aliphatic carbocycles. The predicted molar refractivity (Wildman–Crippen MR) is 91.1 cm³/mol. The van der Waals surface area contributed by atoms with Gasteiger partial charge in [-0.3, -0.25) is 0 Å². The fourth-order valence-electron chi connectivity index (χ4n) is 3.58. The molecule has 3 unspecified atom stereocenters. The maximum Gasteiger partial charge on any atom is 0.0643 e. The smallest absolute Gasteiger partial charge is 0.0643 e. The largest absolute Gasteiger partial charge is 0.367 e. The summed E-state index contributed by atoms with van der Waals surface area (Å²) in [6.07, 6.45) is 3.96. The molecule has 2 nitrogen and oxygen atoms in total. The van der Waals surface area contributed by atoms with Gasteiger partial charge in [0.2, 0.25) is 0 Å². The van der Waals surface area contributed by atoms with Crippen molar-refractivity contribution in [3.05, 3.63) is 28.8 Å². The molecular formula is C18H27ClN2. The number of anilines is 1. The zero-order valence-electron chi connectivity index (χ0n) is 13.4. The van der Waals surface area contributed by atoms with Crippen LogP contribution in [0.3, 0.4) is 0 Å². The van der Waals surface area contributed by atoms with Crippen LogP contribution in [0.5, 0.6) is 0 Å². The molecule has 1 saturated heterocycles. The van der Waals surface area contributed by atoms with Gasteiger partial charge in [-0.25, -0.2) is 0 Å². The number of rotatable bonds is 4. The summed E-state index contributed by atoms with van der Waals surface area (Å²) in [5.41, 5.74) is 2.61. The SMILES string of the molecule is CC1CC(C)C(C)N(c2c(Cl)cccc2CNC2CC2)C1. The monoisotopic (exact) mass is 306 g/mol. The van der Waals surface area contributed by atoms with Crippen molar-refractivity contribution >= 4 is 17.3 Å². The summed E-state index contributed by atoms with van der Waals surface area (Å²) in [5, 5.41) is 4.53. The van der Waals surface area contributed by atoms with Crippen LogP contribution < -0.4 is 10.2 Å². The highest BCUT2D eigenvalue weighted by Gasteiger charge is 2.31. The normalized spacial score (nSPS) is 29.7. The maximum atomic E-state index is 6.58. The first kappa shape index (κ1) is 15.2. The number of halogens is 1. The van der Waals surface area contributed by atoms with E-state index >= 15 is 0 Å². The van der Waals surface area contributed by atoms with Gasteiger partial charge in [0.15, 0.2) is 0 Å². The lowest BCUT2D eigenvalue weighted by Gasteiger charge is -2.43. The number of hydrogen-bond donors (Lipinski definition) is 1. The Morgan fingerprint density at radius 3 is 2.71 bits per heavy atom. The molecule has 0 radical (unpaired) electrons. The van der Waals surface area contributed by atoms with Crippen LogP contribution in [0.4, 0.5) is 5.69 Å². The summed E-state index contributed by atoms with van der Waals surface area (Å²) in [6, 6.07) is 7.63. The van der Waals surface area contributed by atoms with Gasteiger partial charge >= 0.3 is 0 Å². The Bertz CT molecular complexity index is 498. The van der Waals surface area contributed by atoms with E-state index in [1.54, 1.807) is 0 Å². The van der Waals surface area contributed by atoms with Crippen LogP contribution in [-0.2, 0) is 6.54 Å². The summed E-state index contributed by atoms with van der Waals surface area (Å²) in [4.78, 5) is 2.55. The van der Waals surface area contributed by atoms with E-state index in [1.165, 1.54) is 30.5 Å². The molecule has 1 heterocycles. The highest BCUT2D eigenvalue weighted by atomic mass is 35.5. The average molecular weight is 307 g/mol. The van der Waals surface area contributed by atoms with E-state index in [-0.39, 0.29) is 0 Å². The number of benzene rings is 1. The van der Waals surface area contributed by atoms with Gasteiger partial charge < -0.3 is 10.2 Å². The Labute approximate surface area is 133 Å². The van der Waals surface area contributed by atoms with E-state index in [0.29, 0.717) is 12.0 Å². The van der Waals surface area contributed by atoms with Crippen molar-refractivity contribution in [1.29, 1.82) is 0 Å². The van der Waals surface area contributed by atoms with Crippen molar-refractivity contribution in [2.45, 2.75) is 58.7 Å². The van der Waals surface area contributed by atoms with Crippen LogP contribution in [0.1, 0.15) is 45.6 Å². The predicted octanol–water partition coefficient (Wildman–Crippen LogP) is 4.46.